The van der Waals surface area contributed by atoms with Crippen LogP contribution in [0.5, 0.6) is 0 Å². The lowest BCUT2D eigenvalue weighted by atomic mass is 10.7. The lowest BCUT2D eigenvalue weighted by molar-refractivity contribution is -0.135. The molecule has 0 aromatic carbocycles. The van der Waals surface area contributed by atoms with E-state index >= 15 is 0 Å². The zero-order valence-corrected chi connectivity index (χ0v) is 7.43. The summed E-state index contributed by atoms with van der Waals surface area (Å²) in [6.07, 6.45) is 0. The summed E-state index contributed by atoms with van der Waals surface area (Å²) in [5, 5.41) is 8.14. The summed E-state index contributed by atoms with van der Waals surface area (Å²) in [6, 6.07) is 0. The van der Waals surface area contributed by atoms with Crippen molar-refractivity contribution in [3.8, 4) is 0 Å². The Kier molecular flexibility index (Phi) is 4.79. The molecular formula is C5H11NO5S. The third-order valence-electron chi connectivity index (χ3n) is 0.999. The van der Waals surface area contributed by atoms with E-state index in [2.05, 4.69) is 4.74 Å². The number of sulfonamides is 1. The first-order chi connectivity index (χ1) is 5.48. The molecule has 0 aliphatic rings. The number of rotatable bonds is 6. The Morgan fingerprint density at radius 2 is 2.17 bits per heavy atom. The van der Waals surface area contributed by atoms with Crippen LogP contribution in [0.15, 0.2) is 0 Å². The molecule has 0 fully saturated rings. The van der Waals surface area contributed by atoms with Crippen LogP contribution in [0.4, 0.5) is 0 Å². The SMILES string of the molecule is COCCS(=O)(=O)NCC(=O)O. The van der Waals surface area contributed by atoms with Crippen LogP contribution in [-0.2, 0) is 19.6 Å². The molecule has 72 valence electrons. The Morgan fingerprint density at radius 1 is 1.58 bits per heavy atom. The van der Waals surface area contributed by atoms with Crippen molar-refractivity contribution in [2.45, 2.75) is 0 Å². The van der Waals surface area contributed by atoms with Gasteiger partial charge in [-0.1, -0.05) is 0 Å². The highest BCUT2D eigenvalue weighted by atomic mass is 32.2. The van der Waals surface area contributed by atoms with Crippen LogP contribution in [-0.4, -0.2) is 45.5 Å². The third kappa shape index (κ3) is 6.08. The Hall–Kier alpha value is -0.660. The van der Waals surface area contributed by atoms with E-state index in [1.54, 1.807) is 0 Å². The van der Waals surface area contributed by atoms with E-state index in [-0.39, 0.29) is 12.4 Å². The van der Waals surface area contributed by atoms with E-state index in [9.17, 15) is 13.2 Å². The van der Waals surface area contributed by atoms with Crippen molar-refractivity contribution in [2.75, 3.05) is 26.0 Å². The molecule has 0 atom stereocenters. The molecule has 0 aromatic rings. The first-order valence-corrected chi connectivity index (χ1v) is 4.81. The summed E-state index contributed by atoms with van der Waals surface area (Å²) in [5.41, 5.74) is 0. The van der Waals surface area contributed by atoms with Crippen LogP contribution in [0, 0.1) is 0 Å². The van der Waals surface area contributed by atoms with E-state index in [4.69, 9.17) is 5.11 Å². The molecule has 0 aromatic heterocycles. The Morgan fingerprint density at radius 3 is 2.58 bits per heavy atom. The number of ether oxygens (including phenoxy) is 1. The number of methoxy groups -OCH3 is 1. The number of carbonyl (C=O) groups is 1. The third-order valence-corrected chi connectivity index (χ3v) is 2.29. The molecule has 0 saturated heterocycles. The highest BCUT2D eigenvalue weighted by molar-refractivity contribution is 7.89. The van der Waals surface area contributed by atoms with E-state index in [1.807, 2.05) is 4.72 Å². The zero-order valence-electron chi connectivity index (χ0n) is 6.61. The summed E-state index contributed by atoms with van der Waals surface area (Å²) >= 11 is 0. The minimum absolute atomic E-state index is 0.0505. The highest BCUT2D eigenvalue weighted by Gasteiger charge is 2.10. The molecule has 0 saturated carbocycles. The van der Waals surface area contributed by atoms with Crippen LogP contribution in [0.3, 0.4) is 0 Å². The van der Waals surface area contributed by atoms with Gasteiger partial charge in [0, 0.05) is 7.11 Å². The monoisotopic (exact) mass is 197 g/mol. The maximum Gasteiger partial charge on any atom is 0.318 e. The van der Waals surface area contributed by atoms with Crippen molar-refractivity contribution in [1.29, 1.82) is 0 Å². The van der Waals surface area contributed by atoms with E-state index in [0.29, 0.717) is 0 Å². The first-order valence-electron chi connectivity index (χ1n) is 3.16. The number of nitrogens with one attached hydrogen (secondary N) is 1. The van der Waals surface area contributed by atoms with Crippen LogP contribution >= 0.6 is 0 Å². The fourth-order valence-corrected chi connectivity index (χ4v) is 1.31. The minimum atomic E-state index is -3.49. The number of carboxylic acid groups (broad SMARTS) is 1. The van der Waals surface area contributed by atoms with Gasteiger partial charge in [-0.3, -0.25) is 4.79 Å². The molecule has 0 unspecified atom stereocenters. The molecular weight excluding hydrogens is 186 g/mol. The Balaban J connectivity index is 3.80. The molecule has 7 heteroatoms. The second kappa shape index (κ2) is 5.07. The number of hydrogen-bond acceptors (Lipinski definition) is 4. The van der Waals surface area contributed by atoms with Gasteiger partial charge in [-0.05, 0) is 0 Å². The van der Waals surface area contributed by atoms with Crippen molar-refractivity contribution in [3.05, 3.63) is 0 Å². The van der Waals surface area contributed by atoms with E-state index in [1.165, 1.54) is 7.11 Å². The number of carboxylic acids is 1. The van der Waals surface area contributed by atoms with Crippen molar-refractivity contribution in [1.82, 2.24) is 4.72 Å². The van der Waals surface area contributed by atoms with E-state index in [0.717, 1.165) is 0 Å². The molecule has 0 aliphatic heterocycles. The molecule has 0 aliphatic carbocycles. The first kappa shape index (κ1) is 11.3. The summed E-state index contributed by atoms with van der Waals surface area (Å²) in [7, 11) is -2.13. The standard InChI is InChI=1S/C5H11NO5S/c1-11-2-3-12(9,10)6-4-5(7)8/h6H,2-4H2,1H3,(H,7,8). The van der Waals surface area contributed by atoms with Gasteiger partial charge in [-0.15, -0.1) is 0 Å². The van der Waals surface area contributed by atoms with Gasteiger partial charge in [0.1, 0.15) is 6.54 Å². The van der Waals surface area contributed by atoms with Gasteiger partial charge < -0.3 is 9.84 Å². The van der Waals surface area contributed by atoms with Gasteiger partial charge >= 0.3 is 5.97 Å². The van der Waals surface area contributed by atoms with E-state index < -0.39 is 22.5 Å². The topological polar surface area (TPSA) is 92.7 Å². The van der Waals surface area contributed by atoms with Crippen molar-refractivity contribution in [3.63, 3.8) is 0 Å². The molecule has 0 heterocycles. The largest absolute Gasteiger partial charge is 0.480 e. The molecule has 2 N–H and O–H groups in total. The number of aliphatic carboxylic acids is 1. The predicted octanol–water partition coefficient (Wildman–Crippen LogP) is -1.36. The van der Waals surface area contributed by atoms with Crippen molar-refractivity contribution in [2.24, 2.45) is 0 Å². The minimum Gasteiger partial charge on any atom is -0.480 e. The average molecular weight is 197 g/mol. The zero-order chi connectivity index (χ0) is 9.61. The predicted molar refractivity (Wildman–Crippen MR) is 41.3 cm³/mol. The van der Waals surface area contributed by atoms with Gasteiger partial charge in [-0.25, -0.2) is 13.1 Å². The molecule has 6 nitrogen and oxygen atoms in total. The Labute approximate surface area is 70.6 Å². The van der Waals surface area contributed by atoms with Gasteiger partial charge in [0.2, 0.25) is 10.0 Å². The van der Waals surface area contributed by atoms with Gasteiger partial charge in [0.05, 0.1) is 12.4 Å². The maximum atomic E-state index is 10.8. The number of hydrogen-bond donors (Lipinski definition) is 2. The van der Waals surface area contributed by atoms with Gasteiger partial charge in [-0.2, -0.15) is 0 Å². The van der Waals surface area contributed by atoms with Crippen LogP contribution in [0.2, 0.25) is 0 Å². The second-order valence-corrected chi connectivity index (χ2v) is 3.95. The molecule has 0 spiro atoms. The normalized spacial score (nSPS) is 11.4. The van der Waals surface area contributed by atoms with Crippen LogP contribution in [0.25, 0.3) is 0 Å². The maximum absolute atomic E-state index is 10.8. The summed E-state index contributed by atoms with van der Waals surface area (Å²) in [6.45, 7) is -0.541. The summed E-state index contributed by atoms with van der Waals surface area (Å²) in [4.78, 5) is 9.96. The van der Waals surface area contributed by atoms with Gasteiger partial charge in [0.15, 0.2) is 0 Å². The molecule has 0 radical (unpaired) electrons. The molecule has 0 rings (SSSR count). The second-order valence-electron chi connectivity index (χ2n) is 2.03. The Bertz CT molecular complexity index is 234. The van der Waals surface area contributed by atoms with Crippen molar-refractivity contribution >= 4 is 16.0 Å². The molecule has 0 amide bonds. The summed E-state index contributed by atoms with van der Waals surface area (Å²) < 4.78 is 28.1. The fraction of sp³-hybridized carbons (Fsp3) is 0.800. The van der Waals surface area contributed by atoms with Crippen LogP contribution < -0.4 is 4.72 Å². The fourth-order valence-electron chi connectivity index (χ4n) is 0.437. The van der Waals surface area contributed by atoms with Gasteiger partial charge in [0.25, 0.3) is 0 Å². The van der Waals surface area contributed by atoms with Crippen molar-refractivity contribution < 1.29 is 23.1 Å². The average Bonchev–Trinajstić information content (AvgIpc) is 1.98. The lowest BCUT2D eigenvalue weighted by Crippen LogP contribution is -2.32. The molecule has 0 bridgehead atoms. The molecule has 12 heavy (non-hydrogen) atoms. The summed E-state index contributed by atoms with van der Waals surface area (Å²) in [5.74, 6) is -1.44. The smallest absolute Gasteiger partial charge is 0.318 e. The highest BCUT2D eigenvalue weighted by Crippen LogP contribution is 1.83. The quantitative estimate of drug-likeness (QED) is 0.548. The van der Waals surface area contributed by atoms with Crippen LogP contribution in [0.1, 0.15) is 0 Å². The lowest BCUT2D eigenvalue weighted by Gasteiger charge is -2.02.